The van der Waals surface area contributed by atoms with Crippen molar-refractivity contribution in [3.63, 3.8) is 0 Å². The van der Waals surface area contributed by atoms with Gasteiger partial charge in [0, 0.05) is 6.54 Å². The van der Waals surface area contributed by atoms with E-state index in [9.17, 15) is 4.79 Å². The summed E-state index contributed by atoms with van der Waals surface area (Å²) in [6.07, 6.45) is 3.44. The molecule has 1 heterocycles. The molecule has 1 fully saturated rings. The van der Waals surface area contributed by atoms with Crippen LogP contribution in [0.15, 0.2) is 54.6 Å². The minimum absolute atomic E-state index is 0.175. The molecule has 1 N–H and O–H groups in total. The average Bonchev–Trinajstić information content (AvgIpc) is 2.68. The van der Waals surface area contributed by atoms with E-state index in [-0.39, 0.29) is 5.92 Å². The summed E-state index contributed by atoms with van der Waals surface area (Å²) in [6.45, 7) is 3.17. The maximum atomic E-state index is 11.0. The maximum absolute atomic E-state index is 11.0. The predicted molar refractivity (Wildman–Crippen MR) is 103 cm³/mol. The highest BCUT2D eigenvalue weighted by Crippen LogP contribution is 2.21. The van der Waals surface area contributed by atoms with Gasteiger partial charge in [0.15, 0.2) is 0 Å². The first-order chi connectivity index (χ1) is 12.7. The van der Waals surface area contributed by atoms with Crippen LogP contribution in [0.25, 0.3) is 0 Å². The Labute approximate surface area is 155 Å². The Morgan fingerprint density at radius 1 is 1.00 bits per heavy atom. The third-order valence-corrected chi connectivity index (χ3v) is 5.10. The van der Waals surface area contributed by atoms with E-state index in [2.05, 4.69) is 41.3 Å². The number of likely N-dealkylation sites (tertiary alicyclic amines) is 1. The van der Waals surface area contributed by atoms with Crippen LogP contribution in [0.5, 0.6) is 5.75 Å². The van der Waals surface area contributed by atoms with Crippen LogP contribution in [-0.4, -0.2) is 42.2 Å². The molecule has 0 bridgehead atoms. The molecule has 26 heavy (non-hydrogen) atoms. The minimum atomic E-state index is -0.659. The number of nitrogens with zero attached hydrogens (tertiary/aromatic N) is 1. The van der Waals surface area contributed by atoms with Gasteiger partial charge in [0.25, 0.3) is 0 Å². The topological polar surface area (TPSA) is 49.8 Å². The van der Waals surface area contributed by atoms with Crippen molar-refractivity contribution >= 4 is 5.97 Å². The number of benzene rings is 2. The van der Waals surface area contributed by atoms with Gasteiger partial charge in [0.05, 0.1) is 5.92 Å². The van der Waals surface area contributed by atoms with Crippen molar-refractivity contribution in [2.45, 2.75) is 25.7 Å². The largest absolute Gasteiger partial charge is 0.492 e. The zero-order valence-electron chi connectivity index (χ0n) is 15.1. The van der Waals surface area contributed by atoms with Gasteiger partial charge in [-0.2, -0.15) is 0 Å². The lowest BCUT2D eigenvalue weighted by molar-refractivity contribution is -0.143. The van der Waals surface area contributed by atoms with E-state index in [1.54, 1.807) is 0 Å². The molecule has 0 unspecified atom stereocenters. The summed E-state index contributed by atoms with van der Waals surface area (Å²) in [4.78, 5) is 13.3. The number of hydrogen-bond donors (Lipinski definition) is 1. The van der Waals surface area contributed by atoms with Crippen LogP contribution in [0, 0.1) is 5.92 Å². The Morgan fingerprint density at radius 2 is 1.69 bits per heavy atom. The zero-order chi connectivity index (χ0) is 18.2. The lowest BCUT2D eigenvalue weighted by Gasteiger charge is -2.29. The van der Waals surface area contributed by atoms with Gasteiger partial charge in [-0.3, -0.25) is 9.69 Å². The Bertz CT molecular complexity index is 694. The van der Waals surface area contributed by atoms with Crippen LogP contribution in [-0.2, 0) is 17.6 Å². The lowest BCUT2D eigenvalue weighted by atomic mass is 9.97. The van der Waals surface area contributed by atoms with E-state index in [1.807, 2.05) is 18.2 Å². The fourth-order valence-corrected chi connectivity index (χ4v) is 3.46. The fourth-order valence-electron chi connectivity index (χ4n) is 3.46. The number of piperidine rings is 1. The number of aliphatic carboxylic acids is 1. The molecule has 3 rings (SSSR count). The SMILES string of the molecule is O=C(O)C1CCN(CCOc2ccccc2CCc2ccccc2)CC1. The van der Waals surface area contributed by atoms with Gasteiger partial charge in [-0.1, -0.05) is 48.5 Å². The highest BCUT2D eigenvalue weighted by Gasteiger charge is 2.24. The van der Waals surface area contributed by atoms with Crippen molar-refractivity contribution in [2.75, 3.05) is 26.2 Å². The Balaban J connectivity index is 1.46. The second-order valence-electron chi connectivity index (χ2n) is 6.90. The second-order valence-corrected chi connectivity index (χ2v) is 6.90. The number of carboxylic acid groups (broad SMARTS) is 1. The molecule has 0 spiro atoms. The number of carbonyl (C=O) groups is 1. The molecule has 0 saturated carbocycles. The monoisotopic (exact) mass is 353 g/mol. The second kappa shape index (κ2) is 9.39. The van der Waals surface area contributed by atoms with Crippen molar-refractivity contribution in [1.82, 2.24) is 4.90 Å². The standard InChI is InChI=1S/C22H27NO3/c24-22(25)20-12-14-23(15-13-20)16-17-26-21-9-5-4-8-19(21)11-10-18-6-2-1-3-7-18/h1-9,20H,10-17H2,(H,24,25). The van der Waals surface area contributed by atoms with Crippen LogP contribution in [0.2, 0.25) is 0 Å². The van der Waals surface area contributed by atoms with Gasteiger partial charge in [-0.15, -0.1) is 0 Å². The molecule has 0 atom stereocenters. The molecule has 1 saturated heterocycles. The van der Waals surface area contributed by atoms with Gasteiger partial charge in [-0.05, 0) is 56.0 Å². The molecule has 4 heteroatoms. The van der Waals surface area contributed by atoms with Gasteiger partial charge in [0.1, 0.15) is 12.4 Å². The number of aryl methyl sites for hydroxylation is 2. The van der Waals surface area contributed by atoms with E-state index >= 15 is 0 Å². The number of rotatable bonds is 8. The number of ether oxygens (including phenoxy) is 1. The third-order valence-electron chi connectivity index (χ3n) is 5.10. The summed E-state index contributed by atoms with van der Waals surface area (Å²) in [7, 11) is 0. The van der Waals surface area contributed by atoms with Crippen molar-refractivity contribution in [3.8, 4) is 5.75 Å². The first-order valence-corrected chi connectivity index (χ1v) is 9.42. The summed E-state index contributed by atoms with van der Waals surface area (Å²) in [6, 6.07) is 18.8. The average molecular weight is 353 g/mol. The highest BCUT2D eigenvalue weighted by molar-refractivity contribution is 5.70. The van der Waals surface area contributed by atoms with Crippen LogP contribution < -0.4 is 4.74 Å². The third kappa shape index (κ3) is 5.33. The molecule has 138 valence electrons. The summed E-state index contributed by atoms with van der Waals surface area (Å²) in [5.41, 5.74) is 2.57. The minimum Gasteiger partial charge on any atom is -0.492 e. The fraction of sp³-hybridized carbons (Fsp3) is 0.409. The summed E-state index contributed by atoms with van der Waals surface area (Å²) >= 11 is 0. The Hall–Kier alpha value is -2.33. The van der Waals surface area contributed by atoms with Gasteiger partial charge < -0.3 is 9.84 Å². The van der Waals surface area contributed by atoms with Crippen molar-refractivity contribution in [3.05, 3.63) is 65.7 Å². The first-order valence-electron chi connectivity index (χ1n) is 9.42. The number of hydrogen-bond acceptors (Lipinski definition) is 3. The highest BCUT2D eigenvalue weighted by atomic mass is 16.5. The quantitative estimate of drug-likeness (QED) is 0.787. The normalized spacial score (nSPS) is 15.7. The zero-order valence-corrected chi connectivity index (χ0v) is 15.1. The summed E-state index contributed by atoms with van der Waals surface area (Å²) < 4.78 is 6.04. The summed E-state index contributed by atoms with van der Waals surface area (Å²) in [5, 5.41) is 9.07. The number of para-hydroxylation sites is 1. The Morgan fingerprint density at radius 3 is 2.42 bits per heavy atom. The molecule has 0 amide bonds. The van der Waals surface area contributed by atoms with Crippen LogP contribution in [0.4, 0.5) is 0 Å². The Kier molecular flexibility index (Phi) is 6.67. The van der Waals surface area contributed by atoms with E-state index < -0.39 is 5.97 Å². The van der Waals surface area contributed by atoms with E-state index in [4.69, 9.17) is 9.84 Å². The molecule has 4 nitrogen and oxygen atoms in total. The summed E-state index contributed by atoms with van der Waals surface area (Å²) in [5.74, 6) is 0.128. The van der Waals surface area contributed by atoms with Crippen LogP contribution in [0.1, 0.15) is 24.0 Å². The van der Waals surface area contributed by atoms with Gasteiger partial charge in [-0.25, -0.2) is 0 Å². The molecule has 0 aromatic heterocycles. The van der Waals surface area contributed by atoms with Crippen molar-refractivity contribution in [2.24, 2.45) is 5.92 Å². The molecular weight excluding hydrogens is 326 g/mol. The van der Waals surface area contributed by atoms with E-state index in [1.165, 1.54) is 11.1 Å². The van der Waals surface area contributed by atoms with Crippen molar-refractivity contribution in [1.29, 1.82) is 0 Å². The molecule has 2 aromatic rings. The first kappa shape index (κ1) is 18.5. The molecule has 0 radical (unpaired) electrons. The number of carboxylic acids is 1. The maximum Gasteiger partial charge on any atom is 0.306 e. The lowest BCUT2D eigenvalue weighted by Crippen LogP contribution is -2.38. The molecule has 1 aliphatic rings. The smallest absolute Gasteiger partial charge is 0.306 e. The van der Waals surface area contributed by atoms with E-state index in [0.717, 1.165) is 51.1 Å². The molecule has 0 aliphatic carbocycles. The molecule has 2 aromatic carbocycles. The van der Waals surface area contributed by atoms with Crippen LogP contribution in [0.3, 0.4) is 0 Å². The van der Waals surface area contributed by atoms with Gasteiger partial charge >= 0.3 is 5.97 Å². The molecular formula is C22H27NO3. The van der Waals surface area contributed by atoms with Crippen LogP contribution >= 0.6 is 0 Å². The van der Waals surface area contributed by atoms with Gasteiger partial charge in [0.2, 0.25) is 0 Å². The van der Waals surface area contributed by atoms with Crippen molar-refractivity contribution < 1.29 is 14.6 Å². The molecule has 1 aliphatic heterocycles. The van der Waals surface area contributed by atoms with E-state index in [0.29, 0.717) is 6.61 Å². The predicted octanol–water partition coefficient (Wildman–Crippen LogP) is 3.65.